The fourth-order valence-corrected chi connectivity index (χ4v) is 0.473. The van der Waals surface area contributed by atoms with Crippen molar-refractivity contribution in [2.24, 2.45) is 0 Å². The van der Waals surface area contributed by atoms with Crippen LogP contribution in [0.25, 0.3) is 0 Å². The third-order valence-electron chi connectivity index (χ3n) is 0.896. The quantitative estimate of drug-likeness (QED) is 0.520. The molecule has 0 bridgehead atoms. The van der Waals surface area contributed by atoms with Crippen LogP contribution >= 0.6 is 0 Å². The van der Waals surface area contributed by atoms with E-state index in [0.29, 0.717) is 0 Å². The number of anilines is 1. The summed E-state index contributed by atoms with van der Waals surface area (Å²) in [6.07, 6.45) is 0. The summed E-state index contributed by atoms with van der Waals surface area (Å²) in [4.78, 5) is 12.4. The lowest BCUT2D eigenvalue weighted by Crippen LogP contribution is -2.07. The molecule has 1 aromatic heterocycles. The van der Waals surface area contributed by atoms with E-state index < -0.39 is 11.4 Å². The highest BCUT2D eigenvalue weighted by atomic mass is 19.1. The molecule has 0 aliphatic carbocycles. The van der Waals surface area contributed by atoms with Crippen molar-refractivity contribution in [3.8, 4) is 0 Å². The van der Waals surface area contributed by atoms with Gasteiger partial charge in [0.1, 0.15) is 5.82 Å². The molecule has 0 radical (unpaired) electrons. The minimum atomic E-state index is -0.602. The molecule has 9 heavy (non-hydrogen) atoms. The number of H-pyrrole nitrogens is 1. The minimum absolute atomic E-state index is 0.220. The van der Waals surface area contributed by atoms with Crippen molar-refractivity contribution in [3.05, 3.63) is 28.3 Å². The second-order valence-electron chi connectivity index (χ2n) is 1.58. The van der Waals surface area contributed by atoms with Gasteiger partial charge in [-0.15, -0.1) is 0 Å². The van der Waals surface area contributed by atoms with Gasteiger partial charge >= 0.3 is 0 Å². The summed E-state index contributed by atoms with van der Waals surface area (Å²) in [7, 11) is 0. The normalized spacial score (nSPS) is 9.44. The van der Waals surface area contributed by atoms with Gasteiger partial charge in [-0.2, -0.15) is 0 Å². The first kappa shape index (κ1) is 5.81. The fourth-order valence-electron chi connectivity index (χ4n) is 0.473. The smallest absolute Gasteiger partial charge is 0.249 e. The van der Waals surface area contributed by atoms with Crippen LogP contribution in [0.2, 0.25) is 0 Å². The van der Waals surface area contributed by atoms with Gasteiger partial charge in [-0.25, -0.2) is 4.39 Å². The molecular weight excluding hydrogens is 123 g/mol. The Bertz CT molecular complexity index is 268. The highest BCUT2D eigenvalue weighted by Crippen LogP contribution is 1.98. The lowest BCUT2D eigenvalue weighted by atomic mass is 10.4. The number of nitrogens with one attached hydrogen (secondary N) is 1. The van der Waals surface area contributed by atoms with Gasteiger partial charge in [-0.3, -0.25) is 4.79 Å². The highest BCUT2D eigenvalue weighted by Gasteiger charge is 1.93. The van der Waals surface area contributed by atoms with E-state index >= 15 is 0 Å². The van der Waals surface area contributed by atoms with Gasteiger partial charge in [0.25, 0.3) is 0 Å². The molecule has 0 amide bonds. The largest absolute Gasteiger partial charge is 0.383 e. The van der Waals surface area contributed by atoms with E-state index in [2.05, 4.69) is 4.98 Å². The molecule has 0 aromatic carbocycles. The van der Waals surface area contributed by atoms with Crippen LogP contribution in [0.4, 0.5) is 10.2 Å². The number of aromatic amines is 1. The van der Waals surface area contributed by atoms with Crippen LogP contribution < -0.4 is 11.3 Å². The van der Waals surface area contributed by atoms with Crippen molar-refractivity contribution in [2.75, 3.05) is 5.73 Å². The second-order valence-corrected chi connectivity index (χ2v) is 1.58. The number of aromatic nitrogens is 1. The molecule has 3 N–H and O–H groups in total. The zero-order chi connectivity index (χ0) is 6.85. The number of halogens is 1. The molecule has 1 heterocycles. The average Bonchev–Trinajstić information content (AvgIpc) is 1.80. The summed E-state index contributed by atoms with van der Waals surface area (Å²) < 4.78 is 12.2. The van der Waals surface area contributed by atoms with Gasteiger partial charge in [0.2, 0.25) is 5.56 Å². The minimum Gasteiger partial charge on any atom is -0.383 e. The SMILES string of the molecule is Nc1[nH]c(=O)ccc1F. The van der Waals surface area contributed by atoms with Gasteiger partial charge in [0.05, 0.1) is 0 Å². The maximum absolute atomic E-state index is 12.2. The van der Waals surface area contributed by atoms with E-state index in [0.717, 1.165) is 12.1 Å². The maximum atomic E-state index is 12.2. The van der Waals surface area contributed by atoms with Crippen LogP contribution in [0, 0.1) is 5.82 Å². The fraction of sp³-hybridized carbons (Fsp3) is 0. The van der Waals surface area contributed by atoms with E-state index in [1.807, 2.05) is 0 Å². The summed E-state index contributed by atoms with van der Waals surface area (Å²) in [6.45, 7) is 0. The third-order valence-corrected chi connectivity index (χ3v) is 0.896. The van der Waals surface area contributed by atoms with E-state index in [1.54, 1.807) is 0 Å². The summed E-state index contributed by atoms with van der Waals surface area (Å²) in [6, 6.07) is 2.10. The Morgan fingerprint density at radius 2 is 2.22 bits per heavy atom. The Morgan fingerprint density at radius 3 is 2.67 bits per heavy atom. The molecule has 1 rings (SSSR count). The number of pyridine rings is 1. The Morgan fingerprint density at radius 1 is 1.56 bits per heavy atom. The van der Waals surface area contributed by atoms with E-state index in [-0.39, 0.29) is 5.82 Å². The topological polar surface area (TPSA) is 58.9 Å². The number of nitrogen functional groups attached to an aromatic ring is 1. The summed E-state index contributed by atoms with van der Waals surface area (Å²) in [5.74, 6) is -0.822. The molecule has 4 heteroatoms. The third kappa shape index (κ3) is 1.07. The van der Waals surface area contributed by atoms with Crippen molar-refractivity contribution < 1.29 is 4.39 Å². The van der Waals surface area contributed by atoms with Crippen molar-refractivity contribution in [1.82, 2.24) is 4.98 Å². The predicted molar refractivity (Wildman–Crippen MR) is 31.4 cm³/mol. The van der Waals surface area contributed by atoms with Gasteiger partial charge in [0.15, 0.2) is 5.82 Å². The molecular formula is C5H5FN2O. The van der Waals surface area contributed by atoms with E-state index in [1.165, 1.54) is 0 Å². The molecule has 0 saturated carbocycles. The molecule has 0 saturated heterocycles. The zero-order valence-corrected chi connectivity index (χ0v) is 4.52. The molecule has 1 aromatic rings. The van der Waals surface area contributed by atoms with Crippen LogP contribution in [0.1, 0.15) is 0 Å². The summed E-state index contributed by atoms with van der Waals surface area (Å²) in [5.41, 5.74) is 4.60. The zero-order valence-electron chi connectivity index (χ0n) is 4.52. The van der Waals surface area contributed by atoms with Gasteiger partial charge in [-0.1, -0.05) is 0 Å². The Hall–Kier alpha value is -1.32. The molecule has 3 nitrogen and oxygen atoms in total. The molecule has 0 aliphatic heterocycles. The molecule has 0 atom stereocenters. The lowest BCUT2D eigenvalue weighted by Gasteiger charge is -1.90. The highest BCUT2D eigenvalue weighted by molar-refractivity contribution is 5.28. The van der Waals surface area contributed by atoms with Gasteiger partial charge in [0, 0.05) is 6.07 Å². The van der Waals surface area contributed by atoms with Crippen LogP contribution in [-0.4, -0.2) is 4.98 Å². The molecule has 0 unspecified atom stereocenters. The molecule has 0 fully saturated rings. The molecule has 48 valence electrons. The Balaban J connectivity index is 3.34. The van der Waals surface area contributed by atoms with E-state index in [4.69, 9.17) is 5.73 Å². The number of nitrogens with two attached hydrogens (primary N) is 1. The van der Waals surface area contributed by atoms with Crippen molar-refractivity contribution in [1.29, 1.82) is 0 Å². The standard InChI is InChI=1S/C5H5FN2O/c6-3-1-2-4(9)8-5(3)7/h1-2H,(H3,7,8,9). The second kappa shape index (κ2) is 1.89. The van der Waals surface area contributed by atoms with Crippen LogP contribution in [0.15, 0.2) is 16.9 Å². The van der Waals surface area contributed by atoms with Crippen molar-refractivity contribution in [2.45, 2.75) is 0 Å². The molecule has 0 aliphatic rings. The summed E-state index contributed by atoms with van der Waals surface area (Å²) in [5, 5.41) is 0. The lowest BCUT2D eigenvalue weighted by molar-refractivity contribution is 0.626. The van der Waals surface area contributed by atoms with E-state index in [9.17, 15) is 9.18 Å². The first-order valence-electron chi connectivity index (χ1n) is 2.34. The monoisotopic (exact) mass is 128 g/mol. The predicted octanol–water partition coefficient (Wildman–Crippen LogP) is 0.0962. The first-order chi connectivity index (χ1) is 4.20. The number of hydrogen-bond donors (Lipinski definition) is 2. The Kier molecular flexibility index (Phi) is 1.22. The maximum Gasteiger partial charge on any atom is 0.249 e. The van der Waals surface area contributed by atoms with Gasteiger partial charge in [-0.05, 0) is 6.07 Å². The summed E-state index contributed by atoms with van der Waals surface area (Å²) >= 11 is 0. The Labute approximate surface area is 50.3 Å². The number of hydrogen-bond acceptors (Lipinski definition) is 2. The number of rotatable bonds is 0. The van der Waals surface area contributed by atoms with Gasteiger partial charge < -0.3 is 10.7 Å². The van der Waals surface area contributed by atoms with Crippen molar-refractivity contribution in [3.63, 3.8) is 0 Å². The van der Waals surface area contributed by atoms with Crippen LogP contribution in [0.3, 0.4) is 0 Å². The van der Waals surface area contributed by atoms with Crippen LogP contribution in [0.5, 0.6) is 0 Å². The molecule has 0 spiro atoms. The van der Waals surface area contributed by atoms with Crippen LogP contribution in [-0.2, 0) is 0 Å². The average molecular weight is 128 g/mol. The van der Waals surface area contributed by atoms with Crippen molar-refractivity contribution >= 4 is 5.82 Å². The first-order valence-corrected chi connectivity index (χ1v) is 2.34.